The fraction of sp³-hybridized carbons (Fsp3) is 0.618. The maximum absolute atomic E-state index is 10.1. The Balaban J connectivity index is -0.000000443. The van der Waals surface area contributed by atoms with Gasteiger partial charge in [-0.15, -0.1) is 0 Å². The molecule has 0 saturated heterocycles. The van der Waals surface area contributed by atoms with Crippen LogP contribution in [-0.2, 0) is 28.5 Å². The van der Waals surface area contributed by atoms with Crippen LogP contribution in [0.3, 0.4) is 0 Å². The fourth-order valence-corrected chi connectivity index (χ4v) is 6.77. The highest BCUT2D eigenvalue weighted by Crippen LogP contribution is 2.11. The largest absolute Gasteiger partial charge is 0.356 e. The highest BCUT2D eigenvalue weighted by atomic mass is 16.7. The fourth-order valence-electron chi connectivity index (χ4n) is 6.77. The summed E-state index contributed by atoms with van der Waals surface area (Å²) in [6, 6.07) is 0. The molecule has 0 aliphatic rings. The van der Waals surface area contributed by atoms with Gasteiger partial charge in [0, 0.05) is 41.3 Å². The molecule has 6 heteroatoms. The average Bonchev–Trinajstić information content (AvgIpc) is 3.42. The van der Waals surface area contributed by atoms with E-state index in [1.54, 1.807) is 28.4 Å². The minimum atomic E-state index is -0.0286. The van der Waals surface area contributed by atoms with Crippen LogP contribution in [0.15, 0.2) is 146 Å². The zero-order valence-electron chi connectivity index (χ0n) is 49.2. The van der Waals surface area contributed by atoms with Gasteiger partial charge in [-0.25, -0.2) is 0 Å². The lowest BCUT2D eigenvalue weighted by molar-refractivity contribution is -0.108. The van der Waals surface area contributed by atoms with Crippen LogP contribution in [0.4, 0.5) is 0 Å². The van der Waals surface area contributed by atoms with Crippen molar-refractivity contribution in [3.63, 3.8) is 0 Å². The molecule has 0 aliphatic heterocycles. The second-order valence-corrected chi connectivity index (χ2v) is 17.9. The van der Waals surface area contributed by atoms with Crippen molar-refractivity contribution < 1.29 is 28.5 Å². The van der Waals surface area contributed by atoms with Gasteiger partial charge < -0.3 is 28.5 Å². The predicted molar refractivity (Wildman–Crippen MR) is 328 cm³/mol. The van der Waals surface area contributed by atoms with Crippen molar-refractivity contribution in [1.29, 1.82) is 0 Å². The van der Waals surface area contributed by atoms with Gasteiger partial charge in [-0.2, -0.15) is 0 Å². The number of methoxy groups -OCH3 is 4. The van der Waals surface area contributed by atoms with Crippen molar-refractivity contribution in [2.24, 2.45) is 0 Å². The number of rotatable bonds is 48. The van der Waals surface area contributed by atoms with E-state index in [1.165, 1.54) is 77.0 Å². The molecule has 0 rings (SSSR count). The van der Waals surface area contributed by atoms with Crippen molar-refractivity contribution in [3.8, 4) is 0 Å². The van der Waals surface area contributed by atoms with Crippen molar-refractivity contribution in [2.75, 3.05) is 28.4 Å². The number of hydrogen-bond donors (Lipinski definition) is 0. The third-order valence-electron chi connectivity index (χ3n) is 11.2. The normalized spacial score (nSPS) is 12.4. The van der Waals surface area contributed by atoms with Gasteiger partial charge in [-0.05, 0) is 167 Å². The first-order valence-electron chi connectivity index (χ1n) is 29.4. The van der Waals surface area contributed by atoms with Crippen LogP contribution in [0, 0.1) is 0 Å². The quantitative estimate of drug-likeness (QED) is 0.0199. The monoisotopic (exact) mass is 1030 g/mol. The Morgan fingerprint density at radius 3 is 0.676 bits per heavy atom. The molecular weight excluding hydrogens is 913 g/mol. The molecule has 424 valence electrons. The van der Waals surface area contributed by atoms with E-state index in [4.69, 9.17) is 18.9 Å². The average molecular weight is 1030 g/mol. The predicted octanol–water partition coefficient (Wildman–Crippen LogP) is 20.8. The topological polar surface area (TPSA) is 71.1 Å². The van der Waals surface area contributed by atoms with Gasteiger partial charge in [-0.1, -0.05) is 199 Å². The van der Waals surface area contributed by atoms with E-state index in [0.717, 1.165) is 141 Å². The first-order chi connectivity index (χ1) is 36.5. The van der Waals surface area contributed by atoms with E-state index in [0.29, 0.717) is 0 Å². The molecule has 6 nitrogen and oxygen atoms in total. The first kappa shape index (κ1) is 76.6. The van der Waals surface area contributed by atoms with Crippen LogP contribution in [0.2, 0.25) is 0 Å². The molecule has 0 unspecified atom stereocenters. The molecule has 0 atom stereocenters. The highest BCUT2D eigenvalue weighted by Gasteiger charge is 2.04. The van der Waals surface area contributed by atoms with Gasteiger partial charge in [0.15, 0.2) is 12.6 Å². The molecule has 0 aromatic carbocycles. The number of aldehydes is 2. The molecule has 0 aromatic rings. The number of carbonyl (C=O) groups is 2. The SMILES string of the molecule is CC/C=C/C=C\CC/C=C\CCCCCC(OC)OC.CC/C=C/C=C\CC/C=C\CCCCCC(OC)OC.CC/C=C/C=C\CC/C=C\CCCCCC=O.CC/C=C/C=C\CC/C=C\CCCCCC=O. The second kappa shape index (κ2) is 78.0. The van der Waals surface area contributed by atoms with E-state index in [-0.39, 0.29) is 12.6 Å². The van der Waals surface area contributed by atoms with Crippen LogP contribution < -0.4 is 0 Å². The summed E-state index contributed by atoms with van der Waals surface area (Å²) in [6.07, 6.45) is 90.5. The summed E-state index contributed by atoms with van der Waals surface area (Å²) in [6.45, 7) is 8.58. The Bertz CT molecular complexity index is 1320. The van der Waals surface area contributed by atoms with Crippen LogP contribution >= 0.6 is 0 Å². The minimum absolute atomic E-state index is 0.0286. The Hall–Kier alpha value is -3.94. The smallest absolute Gasteiger partial charge is 0.156 e. The molecule has 0 heterocycles. The van der Waals surface area contributed by atoms with E-state index in [1.807, 2.05) is 0 Å². The first-order valence-corrected chi connectivity index (χ1v) is 29.4. The number of allylic oxidation sites excluding steroid dienone is 24. The van der Waals surface area contributed by atoms with E-state index in [2.05, 4.69) is 174 Å². The molecule has 74 heavy (non-hydrogen) atoms. The van der Waals surface area contributed by atoms with E-state index < -0.39 is 0 Å². The summed E-state index contributed by atoms with van der Waals surface area (Å²) in [5.74, 6) is 0. The molecule has 0 saturated carbocycles. The lowest BCUT2D eigenvalue weighted by atomic mass is 10.1. The number of hydrogen-bond acceptors (Lipinski definition) is 6. The maximum Gasteiger partial charge on any atom is 0.156 e. The summed E-state index contributed by atoms with van der Waals surface area (Å²) in [5.41, 5.74) is 0. The third kappa shape index (κ3) is 79.5. The Morgan fingerprint density at radius 1 is 0.243 bits per heavy atom. The van der Waals surface area contributed by atoms with Gasteiger partial charge in [0.25, 0.3) is 0 Å². The molecule has 0 radical (unpaired) electrons. The molecule has 0 bridgehead atoms. The number of unbranched alkanes of at least 4 members (excludes halogenated alkanes) is 18. The van der Waals surface area contributed by atoms with Crippen LogP contribution in [-0.4, -0.2) is 53.6 Å². The van der Waals surface area contributed by atoms with Gasteiger partial charge in [0.2, 0.25) is 0 Å². The van der Waals surface area contributed by atoms with Crippen LogP contribution in [0.25, 0.3) is 0 Å². The zero-order valence-corrected chi connectivity index (χ0v) is 49.2. The van der Waals surface area contributed by atoms with E-state index >= 15 is 0 Å². The summed E-state index contributed by atoms with van der Waals surface area (Å²) < 4.78 is 20.6. The van der Waals surface area contributed by atoms with Gasteiger partial charge in [0.1, 0.15) is 12.6 Å². The third-order valence-corrected chi connectivity index (χ3v) is 11.2. The van der Waals surface area contributed by atoms with Crippen molar-refractivity contribution in [3.05, 3.63) is 146 Å². The van der Waals surface area contributed by atoms with Crippen molar-refractivity contribution >= 4 is 12.6 Å². The molecule has 0 N–H and O–H groups in total. The van der Waals surface area contributed by atoms with Crippen LogP contribution in [0.1, 0.15) is 233 Å². The summed E-state index contributed by atoms with van der Waals surface area (Å²) in [4.78, 5) is 20.2. The maximum atomic E-state index is 10.1. The Kier molecular flexibility index (Phi) is 80.7. The minimum Gasteiger partial charge on any atom is -0.356 e. The summed E-state index contributed by atoms with van der Waals surface area (Å²) in [7, 11) is 6.79. The van der Waals surface area contributed by atoms with Gasteiger partial charge >= 0.3 is 0 Å². The number of carbonyl (C=O) groups excluding carboxylic acids is 2. The second-order valence-electron chi connectivity index (χ2n) is 17.9. The van der Waals surface area contributed by atoms with Gasteiger partial charge in [-0.3, -0.25) is 0 Å². The Morgan fingerprint density at radius 2 is 0.446 bits per heavy atom. The molecule has 0 fully saturated rings. The highest BCUT2D eigenvalue weighted by molar-refractivity contribution is 5.49. The van der Waals surface area contributed by atoms with Crippen molar-refractivity contribution in [2.45, 2.75) is 246 Å². The summed E-state index contributed by atoms with van der Waals surface area (Å²) in [5, 5.41) is 0. The molecule has 0 aromatic heterocycles. The molecule has 0 amide bonds. The lowest BCUT2D eigenvalue weighted by Crippen LogP contribution is -2.12. The van der Waals surface area contributed by atoms with Crippen LogP contribution in [0.5, 0.6) is 0 Å². The Labute approximate surface area is 459 Å². The molecule has 0 aliphatic carbocycles. The van der Waals surface area contributed by atoms with Crippen molar-refractivity contribution in [1.82, 2.24) is 0 Å². The number of ether oxygens (including phenoxy) is 4. The van der Waals surface area contributed by atoms with Gasteiger partial charge in [0.05, 0.1) is 0 Å². The lowest BCUT2D eigenvalue weighted by Gasteiger charge is -2.12. The zero-order chi connectivity index (χ0) is 55.0. The van der Waals surface area contributed by atoms with E-state index in [9.17, 15) is 9.59 Å². The molecule has 0 spiro atoms. The molecular formula is C68H116O6. The summed E-state index contributed by atoms with van der Waals surface area (Å²) >= 11 is 0. The standard InChI is InChI=1S/2C18H32O2.2C16H26O/c2*1-4-5-6-7-8-9-10-11-12-13-14-15-16-17-18(19-2)20-3;2*1-2-3-4-5-6-7-8-9-10-11-12-13-14-15-16-17/h2*5-8,11-12,18H,4,9-10,13-17H2,1-3H3;2*3-6,9-10,16H,2,7-8,11-15H2,1H3/b2*6-5+,8-7-,12-11-;2*4-3+,6-5-,10-9-.